The van der Waals surface area contributed by atoms with Gasteiger partial charge in [-0.2, -0.15) is 0 Å². The van der Waals surface area contributed by atoms with Crippen molar-refractivity contribution < 1.29 is 4.74 Å². The van der Waals surface area contributed by atoms with Crippen molar-refractivity contribution in [2.24, 2.45) is 10.9 Å². The maximum Gasteiger partial charge on any atom is 0.191 e. The fourth-order valence-electron chi connectivity index (χ4n) is 2.98. The van der Waals surface area contributed by atoms with Crippen LogP contribution in [0.1, 0.15) is 52.4 Å². The quantitative estimate of drug-likeness (QED) is 0.231. The smallest absolute Gasteiger partial charge is 0.191 e. The third-order valence-electron chi connectivity index (χ3n) is 4.39. The summed E-state index contributed by atoms with van der Waals surface area (Å²) in [5, 5.41) is 6.76. The SMILES string of the molecule is CN=C(NCCCOCC(C)C)NCCN(C)C1CCCCC1.I. The minimum absolute atomic E-state index is 0. The molecule has 0 amide bonds. The van der Waals surface area contributed by atoms with Crippen molar-refractivity contribution >= 4 is 29.9 Å². The number of hydrogen-bond donors (Lipinski definition) is 2. The largest absolute Gasteiger partial charge is 0.381 e. The molecule has 5 nitrogen and oxygen atoms in total. The van der Waals surface area contributed by atoms with Crippen molar-refractivity contribution in [1.82, 2.24) is 15.5 Å². The van der Waals surface area contributed by atoms with E-state index in [4.69, 9.17) is 4.74 Å². The van der Waals surface area contributed by atoms with Crippen molar-refractivity contribution in [3.8, 4) is 0 Å². The van der Waals surface area contributed by atoms with E-state index in [1.807, 2.05) is 7.05 Å². The van der Waals surface area contributed by atoms with Crippen molar-refractivity contribution in [2.45, 2.75) is 58.4 Å². The van der Waals surface area contributed by atoms with Gasteiger partial charge in [-0.25, -0.2) is 0 Å². The van der Waals surface area contributed by atoms with Gasteiger partial charge in [0.05, 0.1) is 0 Å². The first-order chi connectivity index (χ1) is 11.1. The van der Waals surface area contributed by atoms with Crippen LogP contribution >= 0.6 is 24.0 Å². The molecule has 0 aromatic carbocycles. The highest BCUT2D eigenvalue weighted by Crippen LogP contribution is 2.21. The normalized spacial score (nSPS) is 16.3. The van der Waals surface area contributed by atoms with Crippen molar-refractivity contribution in [3.63, 3.8) is 0 Å². The van der Waals surface area contributed by atoms with Gasteiger partial charge in [0.15, 0.2) is 5.96 Å². The molecule has 0 bridgehead atoms. The molecular formula is C18H39IN4O. The lowest BCUT2D eigenvalue weighted by Crippen LogP contribution is -2.43. The first-order valence-corrected chi connectivity index (χ1v) is 9.36. The van der Waals surface area contributed by atoms with E-state index < -0.39 is 0 Å². The zero-order chi connectivity index (χ0) is 16.9. The molecule has 0 aromatic rings. The van der Waals surface area contributed by atoms with Gasteiger partial charge in [0.25, 0.3) is 0 Å². The fraction of sp³-hybridized carbons (Fsp3) is 0.944. The maximum absolute atomic E-state index is 5.58. The van der Waals surface area contributed by atoms with Crippen LogP contribution in [0, 0.1) is 5.92 Å². The van der Waals surface area contributed by atoms with E-state index in [9.17, 15) is 0 Å². The number of likely N-dealkylation sites (N-methyl/N-ethyl adjacent to an activating group) is 1. The highest BCUT2D eigenvalue weighted by molar-refractivity contribution is 14.0. The lowest BCUT2D eigenvalue weighted by Gasteiger charge is -2.31. The number of nitrogens with one attached hydrogen (secondary N) is 2. The van der Waals surface area contributed by atoms with Gasteiger partial charge in [-0.1, -0.05) is 33.1 Å². The Balaban J connectivity index is 0.00000529. The van der Waals surface area contributed by atoms with Gasteiger partial charge >= 0.3 is 0 Å². The second-order valence-corrected chi connectivity index (χ2v) is 7.02. The second-order valence-electron chi connectivity index (χ2n) is 7.02. The summed E-state index contributed by atoms with van der Waals surface area (Å²) in [4.78, 5) is 6.78. The van der Waals surface area contributed by atoms with Gasteiger partial charge in [-0.05, 0) is 32.2 Å². The van der Waals surface area contributed by atoms with E-state index >= 15 is 0 Å². The molecule has 24 heavy (non-hydrogen) atoms. The van der Waals surface area contributed by atoms with Crippen LogP contribution in [-0.2, 0) is 4.74 Å². The summed E-state index contributed by atoms with van der Waals surface area (Å²) in [6.45, 7) is 8.92. The minimum Gasteiger partial charge on any atom is -0.381 e. The van der Waals surface area contributed by atoms with Crippen LogP contribution in [0.15, 0.2) is 4.99 Å². The third kappa shape index (κ3) is 11.5. The van der Waals surface area contributed by atoms with Gasteiger partial charge in [0.1, 0.15) is 0 Å². The van der Waals surface area contributed by atoms with Crippen LogP contribution in [0.4, 0.5) is 0 Å². The first-order valence-electron chi connectivity index (χ1n) is 9.36. The molecule has 0 aliphatic heterocycles. The Bertz CT molecular complexity index is 320. The molecule has 0 spiro atoms. The van der Waals surface area contributed by atoms with Crippen LogP contribution in [0.2, 0.25) is 0 Å². The Morgan fingerprint density at radius 2 is 1.83 bits per heavy atom. The zero-order valence-electron chi connectivity index (χ0n) is 16.1. The average Bonchev–Trinajstić information content (AvgIpc) is 2.56. The maximum atomic E-state index is 5.58. The lowest BCUT2D eigenvalue weighted by molar-refractivity contribution is 0.108. The number of hydrogen-bond acceptors (Lipinski definition) is 3. The molecule has 1 aliphatic rings. The second kappa shape index (κ2) is 15.2. The Hall–Kier alpha value is -0.0800. The molecule has 1 fully saturated rings. The number of guanidine groups is 1. The van der Waals surface area contributed by atoms with Crippen LogP contribution in [0.25, 0.3) is 0 Å². The topological polar surface area (TPSA) is 48.9 Å². The molecule has 0 saturated heterocycles. The van der Waals surface area contributed by atoms with Crippen molar-refractivity contribution in [2.75, 3.05) is 46.9 Å². The predicted octanol–water partition coefficient (Wildman–Crippen LogP) is 3.10. The molecule has 0 unspecified atom stereocenters. The number of aliphatic imine (C=N–C) groups is 1. The van der Waals surface area contributed by atoms with E-state index in [-0.39, 0.29) is 24.0 Å². The minimum atomic E-state index is 0. The molecule has 0 aromatic heterocycles. The monoisotopic (exact) mass is 454 g/mol. The van der Waals surface area contributed by atoms with E-state index in [0.717, 1.165) is 51.3 Å². The molecule has 0 atom stereocenters. The summed E-state index contributed by atoms with van der Waals surface area (Å²) in [6.07, 6.45) is 7.93. The summed E-state index contributed by atoms with van der Waals surface area (Å²) in [5.41, 5.74) is 0. The van der Waals surface area contributed by atoms with Gasteiger partial charge < -0.3 is 20.3 Å². The Kier molecular flexibility index (Phi) is 15.1. The van der Waals surface area contributed by atoms with Gasteiger partial charge in [-0.15, -0.1) is 24.0 Å². The molecule has 2 N–H and O–H groups in total. The van der Waals surface area contributed by atoms with E-state index in [1.54, 1.807) is 0 Å². The Morgan fingerprint density at radius 3 is 2.46 bits per heavy atom. The number of rotatable bonds is 10. The number of nitrogens with zero attached hydrogens (tertiary/aromatic N) is 2. The number of ether oxygens (including phenoxy) is 1. The molecule has 0 radical (unpaired) electrons. The van der Waals surface area contributed by atoms with Crippen LogP contribution < -0.4 is 10.6 Å². The van der Waals surface area contributed by atoms with E-state index in [2.05, 4.69) is 41.4 Å². The molecule has 1 saturated carbocycles. The summed E-state index contributed by atoms with van der Waals surface area (Å²) in [7, 11) is 4.08. The Labute approximate surface area is 166 Å². The predicted molar refractivity (Wildman–Crippen MR) is 115 cm³/mol. The van der Waals surface area contributed by atoms with Gasteiger partial charge in [-0.3, -0.25) is 4.99 Å². The summed E-state index contributed by atoms with van der Waals surface area (Å²) in [5.74, 6) is 1.50. The molecule has 6 heteroatoms. The fourth-order valence-corrected chi connectivity index (χ4v) is 2.98. The van der Waals surface area contributed by atoms with E-state index in [0.29, 0.717) is 5.92 Å². The molecule has 1 rings (SSSR count). The van der Waals surface area contributed by atoms with Crippen molar-refractivity contribution in [1.29, 1.82) is 0 Å². The van der Waals surface area contributed by atoms with Gasteiger partial charge in [0, 0.05) is 45.9 Å². The summed E-state index contributed by atoms with van der Waals surface area (Å²) < 4.78 is 5.58. The first kappa shape index (κ1) is 23.9. The third-order valence-corrected chi connectivity index (χ3v) is 4.39. The molecule has 1 aliphatic carbocycles. The zero-order valence-corrected chi connectivity index (χ0v) is 18.5. The standard InChI is InChI=1S/C18H38N4O.HI/c1-16(2)15-23-14-8-11-20-18(19-3)21-12-13-22(4)17-9-6-5-7-10-17;/h16-17H,5-15H2,1-4H3,(H2,19,20,21);1H. The highest BCUT2D eigenvalue weighted by atomic mass is 127. The van der Waals surface area contributed by atoms with Gasteiger partial charge in [0.2, 0.25) is 0 Å². The van der Waals surface area contributed by atoms with Crippen LogP contribution in [-0.4, -0.2) is 63.8 Å². The van der Waals surface area contributed by atoms with E-state index in [1.165, 1.54) is 32.1 Å². The van der Waals surface area contributed by atoms with Crippen LogP contribution in [0.5, 0.6) is 0 Å². The number of halogens is 1. The average molecular weight is 454 g/mol. The van der Waals surface area contributed by atoms with Crippen molar-refractivity contribution in [3.05, 3.63) is 0 Å². The summed E-state index contributed by atoms with van der Waals surface area (Å²) >= 11 is 0. The molecule has 0 heterocycles. The summed E-state index contributed by atoms with van der Waals surface area (Å²) in [6, 6.07) is 0.777. The highest BCUT2D eigenvalue weighted by Gasteiger charge is 2.17. The molecular weight excluding hydrogens is 415 g/mol. The molecule has 144 valence electrons. The van der Waals surface area contributed by atoms with Crippen LogP contribution in [0.3, 0.4) is 0 Å². The Morgan fingerprint density at radius 1 is 1.17 bits per heavy atom. The lowest BCUT2D eigenvalue weighted by atomic mass is 9.94.